The number of hydrogen-bond donors (Lipinski definition) is 10. The average molecular weight is 338 g/mol. The van der Waals surface area contributed by atoms with E-state index in [-0.39, 0.29) is 24.8 Å². The van der Waals surface area contributed by atoms with E-state index >= 15 is 0 Å². The van der Waals surface area contributed by atoms with Gasteiger partial charge in [-0.2, -0.15) is 0 Å². The molecular formula is C11H18N2O10. The van der Waals surface area contributed by atoms with Gasteiger partial charge >= 0.3 is 6.10 Å². The van der Waals surface area contributed by atoms with Crippen molar-refractivity contribution in [3.8, 4) is 17.4 Å². The number of nitrogens with zero attached hydrogens (tertiary/aromatic N) is 1. The van der Waals surface area contributed by atoms with Gasteiger partial charge in [0.25, 0.3) is 11.5 Å². The molecule has 0 atom stereocenters. The molecule has 23 heavy (non-hydrogen) atoms. The van der Waals surface area contributed by atoms with E-state index in [2.05, 4.69) is 0 Å². The minimum absolute atomic E-state index is 0.0542. The summed E-state index contributed by atoms with van der Waals surface area (Å²) in [4.78, 5) is 12.9. The third-order valence-electron chi connectivity index (χ3n) is 3.06. The monoisotopic (exact) mass is 338 g/mol. The Morgan fingerprint density at radius 1 is 0.957 bits per heavy atom. The van der Waals surface area contributed by atoms with Crippen molar-refractivity contribution in [2.45, 2.75) is 37.7 Å². The summed E-state index contributed by atoms with van der Waals surface area (Å²) in [6.45, 7) is 0. The van der Waals surface area contributed by atoms with E-state index in [0.717, 1.165) is 0 Å². The number of aromatic hydroxyl groups is 3. The van der Waals surface area contributed by atoms with Gasteiger partial charge in [-0.1, -0.05) is 5.06 Å². The van der Waals surface area contributed by atoms with E-state index in [1.54, 1.807) is 0 Å². The van der Waals surface area contributed by atoms with Crippen molar-refractivity contribution in [1.29, 1.82) is 0 Å². The van der Waals surface area contributed by atoms with Crippen LogP contribution in [0.3, 0.4) is 0 Å². The number of H-pyrrole nitrogens is 1. The number of unbranched alkanes of at least 4 members (excludes halogenated alkanes) is 1. The summed E-state index contributed by atoms with van der Waals surface area (Å²) in [7, 11) is 0. The maximum atomic E-state index is 11.0. The van der Waals surface area contributed by atoms with Gasteiger partial charge in [0, 0.05) is 6.42 Å². The number of aliphatic hydroxyl groups is 5. The second-order valence-corrected chi connectivity index (χ2v) is 4.87. The summed E-state index contributed by atoms with van der Waals surface area (Å²) >= 11 is 0. The number of pyridine rings is 1. The first kappa shape index (κ1) is 19.1. The Kier molecular flexibility index (Phi) is 5.55. The smallest absolute Gasteiger partial charge is 0.373 e. The zero-order valence-corrected chi connectivity index (χ0v) is 11.7. The molecule has 10 N–H and O–H groups in total. The van der Waals surface area contributed by atoms with Gasteiger partial charge in [0.2, 0.25) is 5.75 Å². The van der Waals surface area contributed by atoms with Crippen LogP contribution in [0.1, 0.15) is 24.8 Å². The average Bonchev–Trinajstić information content (AvgIpc) is 2.42. The lowest BCUT2D eigenvalue weighted by atomic mass is 10.1. The molecule has 0 saturated carbocycles. The lowest BCUT2D eigenvalue weighted by Gasteiger charge is -2.34. The summed E-state index contributed by atoms with van der Waals surface area (Å²) in [6.07, 6.45) is -4.68. The van der Waals surface area contributed by atoms with E-state index in [4.69, 9.17) is 20.5 Å². The molecule has 1 aromatic heterocycles. The maximum absolute atomic E-state index is 11.0. The molecular weight excluding hydrogens is 320 g/mol. The Balaban J connectivity index is 2.66. The summed E-state index contributed by atoms with van der Waals surface area (Å²) in [5.41, 5.74) is -1.28. The van der Waals surface area contributed by atoms with Crippen LogP contribution >= 0.6 is 0 Å². The Labute approximate surface area is 128 Å². The van der Waals surface area contributed by atoms with Gasteiger partial charge in [-0.25, -0.2) is 0 Å². The summed E-state index contributed by atoms with van der Waals surface area (Å²) < 4.78 is 0. The molecule has 0 bridgehead atoms. The SMILES string of the molecule is O=c1[nH]c(O)c(CCCCC(O)(O)N(O)C(O)(O)O)c(O)c1O. The van der Waals surface area contributed by atoms with Crippen molar-refractivity contribution in [1.82, 2.24) is 10.0 Å². The van der Waals surface area contributed by atoms with E-state index in [0.29, 0.717) is 0 Å². The van der Waals surface area contributed by atoms with Gasteiger partial charge in [-0.3, -0.25) is 9.78 Å². The molecule has 1 aromatic rings. The minimum atomic E-state index is -3.87. The fourth-order valence-corrected chi connectivity index (χ4v) is 1.85. The molecule has 0 aromatic carbocycles. The second-order valence-electron chi connectivity index (χ2n) is 4.87. The lowest BCUT2D eigenvalue weighted by molar-refractivity contribution is -0.536. The highest BCUT2D eigenvalue weighted by Gasteiger charge is 2.43. The molecule has 0 aliphatic rings. The fraction of sp³-hybridized carbons (Fsp3) is 0.545. The summed E-state index contributed by atoms with van der Waals surface area (Å²) in [6, 6.07) is 0. The maximum Gasteiger partial charge on any atom is 0.373 e. The van der Waals surface area contributed by atoms with E-state index in [1.165, 1.54) is 0 Å². The summed E-state index contributed by atoms with van der Waals surface area (Å²) in [5.74, 6) is -5.65. The second kappa shape index (κ2) is 6.67. The van der Waals surface area contributed by atoms with E-state index in [1.807, 2.05) is 4.98 Å². The molecule has 12 heteroatoms. The van der Waals surface area contributed by atoms with E-state index < -0.39 is 46.4 Å². The van der Waals surface area contributed by atoms with Gasteiger partial charge in [-0.15, -0.1) is 0 Å². The van der Waals surface area contributed by atoms with Gasteiger partial charge in [0.1, 0.15) is 0 Å². The number of hydroxylamine groups is 2. The van der Waals surface area contributed by atoms with Crippen LogP contribution in [0.5, 0.6) is 17.4 Å². The molecule has 0 amide bonds. The number of rotatable bonds is 7. The highest BCUT2D eigenvalue weighted by Crippen LogP contribution is 2.31. The molecule has 0 spiro atoms. The highest BCUT2D eigenvalue weighted by atomic mass is 16.8. The molecule has 12 nitrogen and oxygen atoms in total. The number of aromatic amines is 1. The molecule has 0 aliphatic heterocycles. The topological polar surface area (TPSA) is 218 Å². The first-order valence-electron chi connectivity index (χ1n) is 6.35. The predicted molar refractivity (Wildman–Crippen MR) is 69.8 cm³/mol. The fourth-order valence-electron chi connectivity index (χ4n) is 1.85. The van der Waals surface area contributed by atoms with Crippen molar-refractivity contribution in [3.05, 3.63) is 15.9 Å². The van der Waals surface area contributed by atoms with Crippen LogP contribution in [0.2, 0.25) is 0 Å². The van der Waals surface area contributed by atoms with Crippen LogP contribution in [0.4, 0.5) is 0 Å². The Bertz CT molecular complexity index is 606. The number of hydrogen-bond acceptors (Lipinski definition) is 11. The predicted octanol–water partition coefficient (Wildman–Crippen LogP) is -2.88. The van der Waals surface area contributed by atoms with Crippen molar-refractivity contribution in [3.63, 3.8) is 0 Å². The van der Waals surface area contributed by atoms with Gasteiger partial charge in [0.05, 0.1) is 5.56 Å². The van der Waals surface area contributed by atoms with Crippen LogP contribution in [-0.2, 0) is 6.42 Å². The van der Waals surface area contributed by atoms with Crippen molar-refractivity contribution in [2.75, 3.05) is 0 Å². The Morgan fingerprint density at radius 2 is 1.52 bits per heavy atom. The largest absolute Gasteiger partial charge is 0.504 e. The molecule has 0 fully saturated rings. The Hall–Kier alpha value is -1.93. The quantitative estimate of drug-likeness (QED) is 0.138. The first-order valence-corrected chi connectivity index (χ1v) is 6.35. The molecule has 0 radical (unpaired) electrons. The summed E-state index contributed by atoms with van der Waals surface area (Å²) in [5, 5.41) is 81.0. The van der Waals surface area contributed by atoms with Crippen LogP contribution in [0.25, 0.3) is 0 Å². The van der Waals surface area contributed by atoms with Crippen LogP contribution in [0.15, 0.2) is 4.79 Å². The van der Waals surface area contributed by atoms with Crippen LogP contribution in [0, 0.1) is 0 Å². The number of aromatic nitrogens is 1. The highest BCUT2D eigenvalue weighted by molar-refractivity contribution is 5.47. The van der Waals surface area contributed by atoms with Gasteiger partial charge in [-0.05, 0) is 19.3 Å². The zero-order chi connectivity index (χ0) is 18.0. The molecule has 0 unspecified atom stereocenters. The Morgan fingerprint density at radius 3 is 2.04 bits per heavy atom. The lowest BCUT2D eigenvalue weighted by Crippen LogP contribution is -2.59. The molecule has 0 aliphatic carbocycles. The molecule has 132 valence electrons. The van der Waals surface area contributed by atoms with Gasteiger partial charge in [0.15, 0.2) is 11.6 Å². The van der Waals surface area contributed by atoms with Crippen LogP contribution in [-0.4, -0.2) is 68.1 Å². The van der Waals surface area contributed by atoms with Crippen molar-refractivity contribution in [2.24, 2.45) is 0 Å². The van der Waals surface area contributed by atoms with Gasteiger partial charge < -0.3 is 46.1 Å². The van der Waals surface area contributed by atoms with Crippen LogP contribution < -0.4 is 5.56 Å². The first-order chi connectivity index (χ1) is 10.4. The standard InChI is InChI=1S/C11H18N2O10/c14-6-5(8(16)12-9(17)7(6)15)3-1-2-4-10(18,19)13(23)11(20,21)22/h15,18-23H,1-4H2,(H3,12,14,16,17). The third kappa shape index (κ3) is 4.52. The normalized spacial score (nSPS) is 12.8. The number of nitrogens with one attached hydrogen (secondary N) is 1. The third-order valence-corrected chi connectivity index (χ3v) is 3.06. The molecule has 1 heterocycles. The van der Waals surface area contributed by atoms with E-state index in [9.17, 15) is 30.3 Å². The molecule has 0 saturated heterocycles. The van der Waals surface area contributed by atoms with Crippen molar-refractivity contribution >= 4 is 0 Å². The minimum Gasteiger partial charge on any atom is -0.504 e. The zero-order valence-electron chi connectivity index (χ0n) is 11.7. The molecule has 1 rings (SSSR count). The van der Waals surface area contributed by atoms with Crippen molar-refractivity contribution < 1.29 is 46.1 Å².